The highest BCUT2D eigenvalue weighted by Gasteiger charge is 2.08. The van der Waals surface area contributed by atoms with Crippen LogP contribution in [0.25, 0.3) is 0 Å². The van der Waals surface area contributed by atoms with Gasteiger partial charge in [0.25, 0.3) is 0 Å². The minimum absolute atomic E-state index is 0.235. The predicted molar refractivity (Wildman–Crippen MR) is 79.0 cm³/mol. The van der Waals surface area contributed by atoms with E-state index in [9.17, 15) is 0 Å². The van der Waals surface area contributed by atoms with Crippen molar-refractivity contribution in [2.24, 2.45) is 5.92 Å². The van der Waals surface area contributed by atoms with E-state index in [0.717, 1.165) is 50.3 Å². The molecule has 108 valence electrons. The summed E-state index contributed by atoms with van der Waals surface area (Å²) >= 11 is 0. The molecule has 0 bridgehead atoms. The number of anilines is 2. The molecule has 0 aliphatic heterocycles. The Morgan fingerprint density at radius 1 is 1.26 bits per heavy atom. The van der Waals surface area contributed by atoms with E-state index in [-0.39, 0.29) is 6.61 Å². The summed E-state index contributed by atoms with van der Waals surface area (Å²) in [5, 5.41) is 12.4. The lowest BCUT2D eigenvalue weighted by molar-refractivity contribution is 0.255. The summed E-state index contributed by atoms with van der Waals surface area (Å²) in [6.45, 7) is 5.31. The second-order valence-corrected chi connectivity index (χ2v) is 4.89. The van der Waals surface area contributed by atoms with Crippen LogP contribution in [0.2, 0.25) is 0 Å². The van der Waals surface area contributed by atoms with Crippen molar-refractivity contribution in [2.45, 2.75) is 46.0 Å². The topological polar surface area (TPSA) is 84.1 Å². The smallest absolute Gasteiger partial charge is 0.133 e. The van der Waals surface area contributed by atoms with Crippen LogP contribution in [0.1, 0.15) is 45.4 Å². The Morgan fingerprint density at radius 3 is 2.68 bits per heavy atom. The molecule has 0 saturated carbocycles. The summed E-state index contributed by atoms with van der Waals surface area (Å²) in [5.41, 5.74) is 5.78. The molecule has 19 heavy (non-hydrogen) atoms. The number of aliphatic hydroxyl groups excluding tert-OH is 1. The maximum absolute atomic E-state index is 9.05. The van der Waals surface area contributed by atoms with Crippen molar-refractivity contribution in [2.75, 3.05) is 24.2 Å². The summed E-state index contributed by atoms with van der Waals surface area (Å²) in [4.78, 5) is 8.66. The fourth-order valence-electron chi connectivity index (χ4n) is 2.13. The van der Waals surface area contributed by atoms with Crippen molar-refractivity contribution in [3.8, 4) is 0 Å². The molecule has 0 spiro atoms. The number of rotatable bonds is 9. The van der Waals surface area contributed by atoms with Crippen molar-refractivity contribution in [3.63, 3.8) is 0 Å². The number of aromatic nitrogens is 2. The van der Waals surface area contributed by atoms with Crippen LogP contribution < -0.4 is 11.1 Å². The zero-order valence-corrected chi connectivity index (χ0v) is 12.0. The van der Waals surface area contributed by atoms with Gasteiger partial charge in [-0.05, 0) is 25.2 Å². The minimum atomic E-state index is 0.235. The molecule has 1 atom stereocenters. The molecule has 0 saturated heterocycles. The van der Waals surface area contributed by atoms with Gasteiger partial charge in [-0.2, -0.15) is 0 Å². The van der Waals surface area contributed by atoms with Crippen molar-refractivity contribution in [1.29, 1.82) is 0 Å². The number of nitrogens with one attached hydrogen (secondary N) is 1. The lowest BCUT2D eigenvalue weighted by Crippen LogP contribution is -2.17. The standard InChI is InChI=1S/C14H26N4O/c1-3-5-11(7-8-19)10-16-14-9-12(15)17-13(18-14)6-4-2/h9,11,19H,3-8,10H2,1-2H3,(H3,15,16,17,18). The monoisotopic (exact) mass is 266 g/mol. The molecule has 1 unspecified atom stereocenters. The fourth-order valence-corrected chi connectivity index (χ4v) is 2.13. The number of hydrogen-bond donors (Lipinski definition) is 3. The Bertz CT molecular complexity index is 364. The number of aryl methyl sites for hydroxylation is 1. The van der Waals surface area contributed by atoms with Crippen molar-refractivity contribution in [3.05, 3.63) is 11.9 Å². The molecule has 1 heterocycles. The molecule has 0 aromatic carbocycles. The van der Waals surface area contributed by atoms with Crippen LogP contribution >= 0.6 is 0 Å². The van der Waals surface area contributed by atoms with Crippen LogP contribution in [-0.4, -0.2) is 28.2 Å². The molecule has 0 radical (unpaired) electrons. The molecule has 1 aromatic heterocycles. The van der Waals surface area contributed by atoms with Gasteiger partial charge in [-0.1, -0.05) is 20.3 Å². The molecule has 4 N–H and O–H groups in total. The second kappa shape index (κ2) is 8.69. The summed E-state index contributed by atoms with van der Waals surface area (Å²) in [5.74, 6) is 2.56. The normalized spacial score (nSPS) is 12.4. The minimum Gasteiger partial charge on any atom is -0.396 e. The molecule has 0 aliphatic carbocycles. The molecular formula is C14H26N4O. The largest absolute Gasteiger partial charge is 0.396 e. The summed E-state index contributed by atoms with van der Waals surface area (Å²) in [6.07, 6.45) is 4.90. The molecule has 0 fully saturated rings. The van der Waals surface area contributed by atoms with Crippen LogP contribution in [0.3, 0.4) is 0 Å². The Morgan fingerprint density at radius 2 is 2.05 bits per heavy atom. The van der Waals surface area contributed by atoms with Gasteiger partial charge in [0.2, 0.25) is 0 Å². The zero-order valence-electron chi connectivity index (χ0n) is 12.0. The predicted octanol–water partition coefficient (Wildman–Crippen LogP) is 2.22. The highest BCUT2D eigenvalue weighted by atomic mass is 16.3. The molecule has 5 heteroatoms. The zero-order chi connectivity index (χ0) is 14.1. The quantitative estimate of drug-likeness (QED) is 0.638. The first kappa shape index (κ1) is 15.7. The Hall–Kier alpha value is -1.36. The first-order chi connectivity index (χ1) is 9.19. The third-order valence-corrected chi connectivity index (χ3v) is 3.07. The number of nitrogens with two attached hydrogens (primary N) is 1. The van der Waals surface area contributed by atoms with Crippen molar-refractivity contribution >= 4 is 11.6 Å². The van der Waals surface area contributed by atoms with E-state index in [4.69, 9.17) is 10.8 Å². The number of nitrogen functional groups attached to an aromatic ring is 1. The summed E-state index contributed by atoms with van der Waals surface area (Å²) < 4.78 is 0. The van der Waals surface area contributed by atoms with Gasteiger partial charge >= 0.3 is 0 Å². The maximum atomic E-state index is 9.05. The Labute approximate surface area is 115 Å². The average Bonchev–Trinajstić information content (AvgIpc) is 2.36. The van der Waals surface area contributed by atoms with Crippen molar-refractivity contribution in [1.82, 2.24) is 9.97 Å². The molecule has 5 nitrogen and oxygen atoms in total. The van der Waals surface area contributed by atoms with E-state index < -0.39 is 0 Å². The van der Waals surface area contributed by atoms with Gasteiger partial charge in [-0.25, -0.2) is 9.97 Å². The molecule has 1 rings (SSSR count). The summed E-state index contributed by atoms with van der Waals surface area (Å²) in [6, 6.07) is 1.76. The molecule has 0 amide bonds. The van der Waals surface area contributed by atoms with E-state index in [1.165, 1.54) is 0 Å². The Balaban J connectivity index is 2.59. The molecule has 0 aliphatic rings. The number of hydrogen-bond acceptors (Lipinski definition) is 5. The van der Waals surface area contributed by atoms with E-state index >= 15 is 0 Å². The first-order valence-corrected chi connectivity index (χ1v) is 7.17. The van der Waals surface area contributed by atoms with Crippen LogP contribution in [-0.2, 0) is 6.42 Å². The van der Waals surface area contributed by atoms with Crippen LogP contribution in [0.5, 0.6) is 0 Å². The van der Waals surface area contributed by atoms with Crippen LogP contribution in [0.4, 0.5) is 11.6 Å². The number of nitrogens with zero attached hydrogens (tertiary/aromatic N) is 2. The maximum Gasteiger partial charge on any atom is 0.133 e. The van der Waals surface area contributed by atoms with E-state index in [1.807, 2.05) is 0 Å². The van der Waals surface area contributed by atoms with Gasteiger partial charge in [-0.3, -0.25) is 0 Å². The lowest BCUT2D eigenvalue weighted by atomic mass is 10.0. The van der Waals surface area contributed by atoms with Gasteiger partial charge in [0, 0.05) is 25.6 Å². The van der Waals surface area contributed by atoms with E-state index in [0.29, 0.717) is 11.7 Å². The van der Waals surface area contributed by atoms with Gasteiger partial charge < -0.3 is 16.2 Å². The third kappa shape index (κ3) is 5.87. The van der Waals surface area contributed by atoms with E-state index in [2.05, 4.69) is 29.1 Å². The first-order valence-electron chi connectivity index (χ1n) is 7.17. The van der Waals surface area contributed by atoms with Crippen LogP contribution in [0.15, 0.2) is 6.07 Å². The van der Waals surface area contributed by atoms with Gasteiger partial charge in [0.05, 0.1) is 0 Å². The third-order valence-electron chi connectivity index (χ3n) is 3.07. The van der Waals surface area contributed by atoms with Gasteiger partial charge in [0.1, 0.15) is 17.5 Å². The number of aliphatic hydroxyl groups is 1. The Kier molecular flexibility index (Phi) is 7.18. The molecular weight excluding hydrogens is 240 g/mol. The van der Waals surface area contributed by atoms with E-state index in [1.54, 1.807) is 6.07 Å². The van der Waals surface area contributed by atoms with Crippen molar-refractivity contribution < 1.29 is 5.11 Å². The average molecular weight is 266 g/mol. The lowest BCUT2D eigenvalue weighted by Gasteiger charge is -2.16. The highest BCUT2D eigenvalue weighted by molar-refractivity contribution is 5.44. The fraction of sp³-hybridized carbons (Fsp3) is 0.714. The highest BCUT2D eigenvalue weighted by Crippen LogP contribution is 2.14. The second-order valence-electron chi connectivity index (χ2n) is 4.89. The summed E-state index contributed by atoms with van der Waals surface area (Å²) in [7, 11) is 0. The SMILES string of the molecule is CCCc1nc(N)cc(NCC(CCC)CCO)n1. The van der Waals surface area contributed by atoms with Gasteiger partial charge in [-0.15, -0.1) is 0 Å². The molecule has 1 aromatic rings. The van der Waals surface area contributed by atoms with Gasteiger partial charge in [0.15, 0.2) is 0 Å². The van der Waals surface area contributed by atoms with Crippen LogP contribution in [0, 0.1) is 5.92 Å².